The van der Waals surface area contributed by atoms with Gasteiger partial charge in [0, 0.05) is 24.1 Å². The van der Waals surface area contributed by atoms with E-state index in [2.05, 4.69) is 15.5 Å². The van der Waals surface area contributed by atoms with Crippen LogP contribution in [0.25, 0.3) is 0 Å². The molecular formula is C19H18Cl2N4O2S. The second-order valence-corrected chi connectivity index (χ2v) is 7.73. The van der Waals surface area contributed by atoms with E-state index < -0.39 is 0 Å². The highest BCUT2D eigenvalue weighted by atomic mass is 35.5. The van der Waals surface area contributed by atoms with Crippen LogP contribution in [0.15, 0.2) is 58.8 Å². The Kier molecular flexibility index (Phi) is 7.19. The van der Waals surface area contributed by atoms with Crippen molar-refractivity contribution in [2.24, 2.45) is 7.05 Å². The van der Waals surface area contributed by atoms with Crippen molar-refractivity contribution < 1.29 is 9.53 Å². The standard InChI is InChI=1S/C19H18Cl2N4O2S/c1-25-12-22-24-19(25)28-17-9-8-13(11-15(17)21)23-18(26)7-4-10-27-16-6-3-2-5-14(16)20/h2-3,5-6,8-9,11-12H,4,7,10H2,1H3,(H,23,26). The van der Waals surface area contributed by atoms with Crippen molar-refractivity contribution in [1.29, 1.82) is 0 Å². The summed E-state index contributed by atoms with van der Waals surface area (Å²) >= 11 is 13.8. The maximum absolute atomic E-state index is 12.1. The predicted octanol–water partition coefficient (Wildman–Crippen LogP) is 5.07. The molecule has 9 heteroatoms. The Morgan fingerprint density at radius 2 is 2.04 bits per heavy atom. The maximum Gasteiger partial charge on any atom is 0.224 e. The highest BCUT2D eigenvalue weighted by Gasteiger charge is 2.10. The molecule has 3 rings (SSSR count). The van der Waals surface area contributed by atoms with Gasteiger partial charge in [-0.15, -0.1) is 10.2 Å². The molecule has 0 saturated carbocycles. The lowest BCUT2D eigenvalue weighted by molar-refractivity contribution is -0.116. The molecule has 0 bridgehead atoms. The highest BCUT2D eigenvalue weighted by molar-refractivity contribution is 7.99. The number of amides is 1. The number of aromatic nitrogens is 3. The van der Waals surface area contributed by atoms with Crippen LogP contribution in [0.2, 0.25) is 10.0 Å². The molecule has 1 heterocycles. The second kappa shape index (κ2) is 9.82. The molecule has 0 aliphatic heterocycles. The molecule has 146 valence electrons. The molecule has 1 aromatic heterocycles. The number of nitrogens with zero attached hydrogens (tertiary/aromatic N) is 3. The fourth-order valence-electron chi connectivity index (χ4n) is 2.32. The monoisotopic (exact) mass is 436 g/mol. The van der Waals surface area contributed by atoms with Crippen molar-refractivity contribution in [2.45, 2.75) is 22.9 Å². The molecule has 0 atom stereocenters. The Hall–Kier alpha value is -2.22. The molecular weight excluding hydrogens is 419 g/mol. The smallest absolute Gasteiger partial charge is 0.224 e. The van der Waals surface area contributed by atoms with E-state index in [0.717, 1.165) is 10.1 Å². The van der Waals surface area contributed by atoms with Crippen LogP contribution in [0.4, 0.5) is 5.69 Å². The fourth-order valence-corrected chi connectivity index (χ4v) is 3.58. The lowest BCUT2D eigenvalue weighted by Crippen LogP contribution is -2.12. The van der Waals surface area contributed by atoms with Gasteiger partial charge in [-0.25, -0.2) is 0 Å². The van der Waals surface area contributed by atoms with E-state index in [0.29, 0.717) is 40.9 Å². The van der Waals surface area contributed by atoms with Crippen molar-refractivity contribution >= 4 is 46.6 Å². The third-order valence-corrected chi connectivity index (χ3v) is 5.59. The van der Waals surface area contributed by atoms with Crippen LogP contribution in [0, 0.1) is 0 Å². The zero-order chi connectivity index (χ0) is 19.9. The number of carbonyl (C=O) groups excluding carboxylic acids is 1. The maximum atomic E-state index is 12.1. The van der Waals surface area contributed by atoms with Gasteiger partial charge in [0.25, 0.3) is 0 Å². The summed E-state index contributed by atoms with van der Waals surface area (Å²) in [5.74, 6) is 0.514. The number of ether oxygens (including phenoxy) is 1. The largest absolute Gasteiger partial charge is 0.492 e. The minimum absolute atomic E-state index is 0.104. The van der Waals surface area contributed by atoms with Crippen LogP contribution >= 0.6 is 35.0 Å². The van der Waals surface area contributed by atoms with Crippen LogP contribution in [-0.2, 0) is 11.8 Å². The topological polar surface area (TPSA) is 69.0 Å². The fraction of sp³-hybridized carbons (Fsp3) is 0.211. The summed E-state index contributed by atoms with van der Waals surface area (Å²) < 4.78 is 7.39. The Morgan fingerprint density at radius 3 is 2.75 bits per heavy atom. The molecule has 0 saturated heterocycles. The van der Waals surface area contributed by atoms with Crippen molar-refractivity contribution in [3.05, 3.63) is 58.8 Å². The summed E-state index contributed by atoms with van der Waals surface area (Å²) in [6.45, 7) is 0.408. The number of nitrogens with one attached hydrogen (secondary N) is 1. The number of carbonyl (C=O) groups is 1. The first-order valence-electron chi connectivity index (χ1n) is 8.51. The van der Waals surface area contributed by atoms with Crippen molar-refractivity contribution in [1.82, 2.24) is 14.8 Å². The number of benzene rings is 2. The number of halogens is 2. The third-order valence-electron chi connectivity index (χ3n) is 3.73. The van der Waals surface area contributed by atoms with Crippen molar-refractivity contribution in [3.8, 4) is 5.75 Å². The Morgan fingerprint density at radius 1 is 1.21 bits per heavy atom. The van der Waals surface area contributed by atoms with Crippen LogP contribution in [0.1, 0.15) is 12.8 Å². The summed E-state index contributed by atoms with van der Waals surface area (Å²) in [5.41, 5.74) is 0.643. The lowest BCUT2D eigenvalue weighted by Gasteiger charge is -2.09. The van der Waals surface area contributed by atoms with Gasteiger partial charge >= 0.3 is 0 Å². The highest BCUT2D eigenvalue weighted by Crippen LogP contribution is 2.33. The average Bonchev–Trinajstić information content (AvgIpc) is 3.07. The summed E-state index contributed by atoms with van der Waals surface area (Å²) in [7, 11) is 1.86. The quantitative estimate of drug-likeness (QED) is 0.499. The van der Waals surface area contributed by atoms with E-state index in [1.54, 1.807) is 29.1 Å². The first-order chi connectivity index (χ1) is 13.5. The third kappa shape index (κ3) is 5.64. The molecule has 2 aromatic carbocycles. The molecule has 28 heavy (non-hydrogen) atoms. The zero-order valence-electron chi connectivity index (χ0n) is 15.1. The molecule has 1 N–H and O–H groups in total. The Balaban J connectivity index is 1.47. The first-order valence-corrected chi connectivity index (χ1v) is 10.1. The van der Waals surface area contributed by atoms with Gasteiger partial charge in [-0.05, 0) is 48.5 Å². The van der Waals surface area contributed by atoms with E-state index in [9.17, 15) is 4.79 Å². The number of aryl methyl sites for hydroxylation is 1. The minimum Gasteiger partial charge on any atom is -0.492 e. The average molecular weight is 437 g/mol. The van der Waals surface area contributed by atoms with Gasteiger partial charge in [0.05, 0.1) is 16.7 Å². The molecule has 0 aliphatic rings. The molecule has 6 nitrogen and oxygen atoms in total. The van der Waals surface area contributed by atoms with Crippen LogP contribution in [0.5, 0.6) is 5.75 Å². The van der Waals surface area contributed by atoms with Crippen LogP contribution in [-0.4, -0.2) is 27.3 Å². The summed E-state index contributed by atoms with van der Waals surface area (Å²) in [6, 6.07) is 12.6. The van der Waals surface area contributed by atoms with Gasteiger partial charge in [0.15, 0.2) is 5.16 Å². The van der Waals surface area contributed by atoms with E-state index in [1.807, 2.05) is 31.3 Å². The molecule has 0 fully saturated rings. The number of para-hydroxylation sites is 1. The second-order valence-electron chi connectivity index (χ2n) is 5.90. The first kappa shape index (κ1) is 20.5. The van der Waals surface area contributed by atoms with E-state index in [1.165, 1.54) is 11.8 Å². The number of hydrogen-bond donors (Lipinski definition) is 1. The van der Waals surface area contributed by atoms with Gasteiger partial charge in [0.1, 0.15) is 12.1 Å². The molecule has 0 spiro atoms. The molecule has 0 aliphatic carbocycles. The van der Waals surface area contributed by atoms with Crippen LogP contribution < -0.4 is 10.1 Å². The van der Waals surface area contributed by atoms with Crippen LogP contribution in [0.3, 0.4) is 0 Å². The lowest BCUT2D eigenvalue weighted by atomic mass is 10.2. The van der Waals surface area contributed by atoms with E-state index in [4.69, 9.17) is 27.9 Å². The van der Waals surface area contributed by atoms with Gasteiger partial charge in [0.2, 0.25) is 5.91 Å². The summed E-state index contributed by atoms with van der Waals surface area (Å²) in [5, 5.41) is 12.5. The Labute approximate surface area is 177 Å². The normalized spacial score (nSPS) is 10.7. The molecule has 1 amide bonds. The zero-order valence-corrected chi connectivity index (χ0v) is 17.4. The van der Waals surface area contributed by atoms with Gasteiger partial charge in [-0.1, -0.05) is 35.3 Å². The van der Waals surface area contributed by atoms with Gasteiger partial charge < -0.3 is 14.6 Å². The number of rotatable bonds is 8. The SMILES string of the molecule is Cn1cnnc1Sc1ccc(NC(=O)CCCOc2ccccc2Cl)cc1Cl. The molecule has 3 aromatic rings. The van der Waals surface area contributed by atoms with Gasteiger partial charge in [-0.2, -0.15) is 0 Å². The van der Waals surface area contributed by atoms with Gasteiger partial charge in [-0.3, -0.25) is 4.79 Å². The number of hydrogen-bond acceptors (Lipinski definition) is 5. The minimum atomic E-state index is -0.104. The molecule has 0 unspecified atom stereocenters. The number of anilines is 1. The van der Waals surface area contributed by atoms with E-state index >= 15 is 0 Å². The summed E-state index contributed by atoms with van der Waals surface area (Å²) in [6.07, 6.45) is 2.53. The molecule has 0 radical (unpaired) electrons. The van der Waals surface area contributed by atoms with Crippen molar-refractivity contribution in [2.75, 3.05) is 11.9 Å². The summed E-state index contributed by atoms with van der Waals surface area (Å²) in [4.78, 5) is 13.0. The van der Waals surface area contributed by atoms with E-state index in [-0.39, 0.29) is 5.91 Å². The Bertz CT molecular complexity index is 965. The predicted molar refractivity (Wildman–Crippen MR) is 111 cm³/mol. The van der Waals surface area contributed by atoms with Crippen molar-refractivity contribution in [3.63, 3.8) is 0 Å².